The van der Waals surface area contributed by atoms with Gasteiger partial charge in [-0.15, -0.1) is 0 Å². The van der Waals surface area contributed by atoms with E-state index in [1.165, 1.54) is 24.5 Å². The minimum Gasteiger partial charge on any atom is -0.473 e. The number of rotatable bonds is 15. The van der Waals surface area contributed by atoms with Crippen LogP contribution in [0.1, 0.15) is 54.1 Å². The van der Waals surface area contributed by atoms with Gasteiger partial charge in [-0.2, -0.15) is 20.5 Å². The molecule has 0 aliphatic heterocycles. The van der Waals surface area contributed by atoms with Gasteiger partial charge in [-0.25, -0.2) is 0 Å². The van der Waals surface area contributed by atoms with Gasteiger partial charge in [0.1, 0.15) is 38.6 Å². The summed E-state index contributed by atoms with van der Waals surface area (Å²) in [7, 11) is 0. The Morgan fingerprint density at radius 2 is 1.02 bits per heavy atom. The van der Waals surface area contributed by atoms with Crippen LogP contribution in [0.15, 0.2) is 97.6 Å². The molecule has 0 aliphatic rings. The van der Waals surface area contributed by atoms with Crippen LogP contribution < -0.4 is 18.9 Å². The quantitative estimate of drug-likeness (QED) is 0.0929. The molecule has 0 saturated carbocycles. The van der Waals surface area contributed by atoms with Crippen molar-refractivity contribution in [3.8, 4) is 46.8 Å². The van der Waals surface area contributed by atoms with Crippen LogP contribution in [0.3, 0.4) is 0 Å². The molecule has 0 saturated heterocycles. The molecular formula is C40H26Cl2N6O6. The maximum Gasteiger partial charge on any atom is 0.227 e. The van der Waals surface area contributed by atoms with E-state index < -0.39 is 0 Å². The van der Waals surface area contributed by atoms with Crippen molar-refractivity contribution in [2.24, 2.45) is 0 Å². The van der Waals surface area contributed by atoms with Crippen LogP contribution in [0.5, 0.6) is 23.5 Å². The highest BCUT2D eigenvalue weighted by molar-refractivity contribution is 6.37. The van der Waals surface area contributed by atoms with E-state index in [2.05, 4.69) is 19.9 Å². The first-order valence-electron chi connectivity index (χ1n) is 16.1. The fourth-order valence-electron chi connectivity index (χ4n) is 5.10. The summed E-state index contributed by atoms with van der Waals surface area (Å²) >= 11 is 13.8. The molecule has 6 aromatic rings. The third kappa shape index (κ3) is 8.95. The van der Waals surface area contributed by atoms with Gasteiger partial charge < -0.3 is 18.9 Å². The summed E-state index contributed by atoms with van der Waals surface area (Å²) in [6.07, 6.45) is 7.25. The first-order valence-corrected chi connectivity index (χ1v) is 16.8. The van der Waals surface area contributed by atoms with E-state index >= 15 is 0 Å². The molecule has 0 fully saturated rings. The van der Waals surface area contributed by atoms with Crippen molar-refractivity contribution in [2.45, 2.75) is 26.4 Å². The lowest BCUT2D eigenvalue weighted by Gasteiger charge is -2.15. The van der Waals surface area contributed by atoms with Crippen LogP contribution in [0.2, 0.25) is 10.0 Å². The molecule has 0 bridgehead atoms. The highest BCUT2D eigenvalue weighted by Gasteiger charge is 2.16. The Bertz CT molecular complexity index is 2260. The molecule has 0 unspecified atom stereocenters. The summed E-state index contributed by atoms with van der Waals surface area (Å²) in [4.78, 5) is 40.1. The number of aromatic nitrogens is 4. The minimum absolute atomic E-state index is 0.0371. The van der Waals surface area contributed by atoms with Crippen LogP contribution in [-0.2, 0) is 26.4 Å². The van der Waals surface area contributed by atoms with Crippen molar-refractivity contribution >= 4 is 35.8 Å². The molecule has 12 nitrogen and oxygen atoms in total. The average Bonchev–Trinajstić information content (AvgIpc) is 3.21. The van der Waals surface area contributed by atoms with Crippen molar-refractivity contribution in [1.82, 2.24) is 19.9 Å². The first kappa shape index (κ1) is 36.9. The van der Waals surface area contributed by atoms with Crippen LogP contribution in [0.25, 0.3) is 11.1 Å². The molecule has 0 atom stereocenters. The molecule has 266 valence electrons. The summed E-state index contributed by atoms with van der Waals surface area (Å²) in [6.45, 7) is 0.160. The van der Waals surface area contributed by atoms with Crippen LogP contribution >= 0.6 is 23.2 Å². The fraction of sp³-hybridized carbons (Fsp3) is 0.100. The van der Waals surface area contributed by atoms with Crippen LogP contribution in [-0.4, -0.2) is 32.5 Å². The summed E-state index contributed by atoms with van der Waals surface area (Å²) in [5.74, 6) is 0.529. The van der Waals surface area contributed by atoms with Gasteiger partial charge in [-0.1, -0.05) is 59.6 Å². The molecule has 0 radical (unpaired) electrons. The zero-order valence-corrected chi connectivity index (χ0v) is 29.6. The number of hydrogen-bond donors (Lipinski definition) is 0. The van der Waals surface area contributed by atoms with Gasteiger partial charge in [0, 0.05) is 70.3 Å². The molecular weight excluding hydrogens is 731 g/mol. The Morgan fingerprint density at radius 3 is 1.43 bits per heavy atom. The average molecular weight is 758 g/mol. The van der Waals surface area contributed by atoms with Crippen molar-refractivity contribution in [1.29, 1.82) is 10.5 Å². The Morgan fingerprint density at radius 1 is 0.574 bits per heavy atom. The summed E-state index contributed by atoms with van der Waals surface area (Å²) < 4.78 is 23.5. The van der Waals surface area contributed by atoms with E-state index in [0.29, 0.717) is 67.1 Å². The smallest absolute Gasteiger partial charge is 0.227 e. The molecule has 14 heteroatoms. The van der Waals surface area contributed by atoms with E-state index in [1.54, 1.807) is 36.7 Å². The van der Waals surface area contributed by atoms with Crippen molar-refractivity contribution < 1.29 is 28.5 Å². The highest BCUT2D eigenvalue weighted by atomic mass is 35.5. The number of carbonyl (C=O) groups excluding carboxylic acids is 2. The lowest BCUT2D eigenvalue weighted by molar-refractivity contribution is 0.111. The standard InChI is InChI=1S/C40H26Cl2N6O6/c41-37-31(23-51-35-9-7-29(19-49)39(47-35)53-21-27-11-25(13-43)15-45-17-27)3-1-5-33(37)34-6-2-4-32(38(34)42)24-52-36-10-8-30(20-50)40(48-36)54-22-28-12-26(14-44)16-46-18-28/h1-12,15-20H,21-24H2. The second-order valence-electron chi connectivity index (χ2n) is 11.4. The normalized spacial score (nSPS) is 10.4. The van der Waals surface area contributed by atoms with Crippen LogP contribution in [0.4, 0.5) is 0 Å². The predicted molar refractivity (Wildman–Crippen MR) is 196 cm³/mol. The number of pyridine rings is 4. The lowest BCUT2D eigenvalue weighted by Crippen LogP contribution is -2.04. The van der Waals surface area contributed by atoms with E-state index in [4.69, 9.17) is 52.7 Å². The third-order valence-electron chi connectivity index (χ3n) is 7.78. The molecule has 4 aromatic heterocycles. The van der Waals surface area contributed by atoms with Gasteiger partial charge in [0.2, 0.25) is 23.5 Å². The van der Waals surface area contributed by atoms with Gasteiger partial charge >= 0.3 is 0 Å². The summed E-state index contributed by atoms with van der Waals surface area (Å²) in [6, 6.07) is 24.4. The Labute approximate surface area is 319 Å². The monoisotopic (exact) mass is 756 g/mol. The maximum atomic E-state index is 11.7. The Balaban J connectivity index is 1.13. The molecule has 0 amide bonds. The molecule has 54 heavy (non-hydrogen) atoms. The number of aldehydes is 2. The number of ether oxygens (including phenoxy) is 4. The molecule has 4 heterocycles. The van der Waals surface area contributed by atoms with Gasteiger partial charge in [0.25, 0.3) is 0 Å². The number of benzene rings is 2. The molecule has 0 spiro atoms. The molecule has 0 N–H and O–H groups in total. The molecule has 2 aromatic carbocycles. The van der Waals surface area contributed by atoms with E-state index in [-0.39, 0.29) is 61.1 Å². The van der Waals surface area contributed by atoms with Crippen molar-refractivity contribution in [2.75, 3.05) is 0 Å². The summed E-state index contributed by atoms with van der Waals surface area (Å²) in [5, 5.41) is 19.1. The minimum atomic E-state index is 0.0371. The van der Waals surface area contributed by atoms with Gasteiger partial charge in [-0.3, -0.25) is 19.6 Å². The van der Waals surface area contributed by atoms with E-state index in [9.17, 15) is 9.59 Å². The second-order valence-corrected chi connectivity index (χ2v) is 12.2. The topological polar surface area (TPSA) is 170 Å². The summed E-state index contributed by atoms with van der Waals surface area (Å²) in [5.41, 5.74) is 5.10. The SMILES string of the molecule is N#Cc1cncc(COc2nc(OCc3cccc(-c4cccc(COc5ccc(C=O)c(OCc6cncc(C#N)c6)n5)c4Cl)c3Cl)ccc2C=O)c1. The number of carbonyl (C=O) groups is 2. The molecule has 6 rings (SSSR count). The maximum absolute atomic E-state index is 11.7. The highest BCUT2D eigenvalue weighted by Crippen LogP contribution is 2.37. The third-order valence-corrected chi connectivity index (χ3v) is 8.67. The van der Waals surface area contributed by atoms with Crippen molar-refractivity contribution in [3.05, 3.63) is 152 Å². The fourth-order valence-corrected chi connectivity index (χ4v) is 5.67. The van der Waals surface area contributed by atoms with Gasteiger partial charge in [-0.05, 0) is 24.3 Å². The number of hydrogen-bond acceptors (Lipinski definition) is 12. The van der Waals surface area contributed by atoms with Gasteiger partial charge in [0.05, 0.1) is 32.3 Å². The number of halogens is 2. The zero-order chi connectivity index (χ0) is 37.9. The Kier molecular flexibility index (Phi) is 12.0. The largest absolute Gasteiger partial charge is 0.473 e. The second kappa shape index (κ2) is 17.6. The molecule has 0 aliphatic carbocycles. The van der Waals surface area contributed by atoms with E-state index in [1.807, 2.05) is 48.5 Å². The zero-order valence-electron chi connectivity index (χ0n) is 28.1. The lowest BCUT2D eigenvalue weighted by atomic mass is 10.0. The predicted octanol–water partition coefficient (Wildman–Crippen LogP) is 7.92. The van der Waals surface area contributed by atoms with Crippen LogP contribution in [0, 0.1) is 22.7 Å². The van der Waals surface area contributed by atoms with Gasteiger partial charge in [0.15, 0.2) is 12.6 Å². The number of nitriles is 2. The first-order chi connectivity index (χ1) is 26.4. The van der Waals surface area contributed by atoms with E-state index in [0.717, 1.165) is 0 Å². The number of nitrogens with zero attached hydrogens (tertiary/aromatic N) is 6. The van der Waals surface area contributed by atoms with Crippen molar-refractivity contribution in [3.63, 3.8) is 0 Å². The Hall–Kier alpha value is -6.86.